The molecule has 0 bridgehead atoms. The molecule has 0 saturated carbocycles. The molecule has 0 radical (unpaired) electrons. The standard InChI is InChI=1S/C33H46O8Si/c1-23(38-30(35)24-15-11-9-12-16-24)26(34)19-20-27(39-31(36)25-17-13-10-14-18-25)29-28(40-33(5,6)41-29)21-22-37-42(7,8)32(2,3)4/h9-20,23,26-29,34H,21-22H2,1-8H3/t23-,26+,27?,28-,29+/m0/s1. The number of aliphatic hydroxyl groups excluding tert-OH is 1. The summed E-state index contributed by atoms with van der Waals surface area (Å²) >= 11 is 0. The van der Waals surface area contributed by atoms with Crippen LogP contribution in [-0.4, -0.2) is 68.3 Å². The van der Waals surface area contributed by atoms with Crippen LogP contribution in [0, 0.1) is 0 Å². The van der Waals surface area contributed by atoms with Crippen molar-refractivity contribution >= 4 is 20.3 Å². The summed E-state index contributed by atoms with van der Waals surface area (Å²) in [5.74, 6) is -2.00. The van der Waals surface area contributed by atoms with Crippen molar-refractivity contribution in [2.24, 2.45) is 0 Å². The zero-order chi connectivity index (χ0) is 31.1. The molecule has 0 amide bonds. The van der Waals surface area contributed by atoms with Gasteiger partial charge in [-0.2, -0.15) is 0 Å². The van der Waals surface area contributed by atoms with Gasteiger partial charge in [-0.15, -0.1) is 0 Å². The van der Waals surface area contributed by atoms with Gasteiger partial charge in [0.15, 0.2) is 14.1 Å². The summed E-state index contributed by atoms with van der Waals surface area (Å²) in [4.78, 5) is 25.6. The summed E-state index contributed by atoms with van der Waals surface area (Å²) in [6, 6.07) is 17.2. The summed E-state index contributed by atoms with van der Waals surface area (Å²) in [5.41, 5.74) is 0.772. The van der Waals surface area contributed by atoms with Crippen LogP contribution >= 0.6 is 0 Å². The van der Waals surface area contributed by atoms with Crippen LogP contribution in [0.15, 0.2) is 72.8 Å². The molecule has 1 saturated heterocycles. The Hall–Kier alpha value is -2.82. The first-order chi connectivity index (χ1) is 19.6. The van der Waals surface area contributed by atoms with E-state index in [0.29, 0.717) is 24.2 Å². The number of hydrogen-bond acceptors (Lipinski definition) is 8. The summed E-state index contributed by atoms with van der Waals surface area (Å²) in [5, 5.41) is 10.9. The van der Waals surface area contributed by atoms with Crippen LogP contribution in [0.2, 0.25) is 18.1 Å². The molecule has 1 fully saturated rings. The monoisotopic (exact) mass is 598 g/mol. The molecule has 42 heavy (non-hydrogen) atoms. The van der Waals surface area contributed by atoms with E-state index >= 15 is 0 Å². The lowest BCUT2D eigenvalue weighted by molar-refractivity contribution is -0.153. The number of rotatable bonds is 12. The van der Waals surface area contributed by atoms with Crippen LogP contribution in [0.25, 0.3) is 0 Å². The van der Waals surface area contributed by atoms with Gasteiger partial charge in [0, 0.05) is 6.61 Å². The van der Waals surface area contributed by atoms with E-state index in [1.165, 1.54) is 6.08 Å². The predicted octanol–water partition coefficient (Wildman–Crippen LogP) is 6.31. The second-order valence-electron chi connectivity index (χ2n) is 12.6. The molecular weight excluding hydrogens is 552 g/mol. The fourth-order valence-corrected chi connectivity index (χ4v) is 5.32. The summed E-state index contributed by atoms with van der Waals surface area (Å²) < 4.78 is 30.3. The van der Waals surface area contributed by atoms with Crippen LogP contribution < -0.4 is 0 Å². The average molecular weight is 599 g/mol. The van der Waals surface area contributed by atoms with E-state index in [4.69, 9.17) is 23.4 Å². The Bertz CT molecular complexity index is 1190. The van der Waals surface area contributed by atoms with Gasteiger partial charge in [-0.3, -0.25) is 0 Å². The highest BCUT2D eigenvalue weighted by Gasteiger charge is 2.46. The van der Waals surface area contributed by atoms with Gasteiger partial charge in [-0.1, -0.05) is 63.2 Å². The van der Waals surface area contributed by atoms with Crippen molar-refractivity contribution in [3.8, 4) is 0 Å². The van der Waals surface area contributed by atoms with Gasteiger partial charge in [0.2, 0.25) is 0 Å². The number of hydrogen-bond donors (Lipinski definition) is 1. The maximum atomic E-state index is 13.1. The molecule has 1 unspecified atom stereocenters. The highest BCUT2D eigenvalue weighted by molar-refractivity contribution is 6.74. The lowest BCUT2D eigenvalue weighted by atomic mass is 10.0. The average Bonchev–Trinajstić information content (AvgIpc) is 3.24. The predicted molar refractivity (Wildman–Crippen MR) is 164 cm³/mol. The first-order valence-corrected chi connectivity index (χ1v) is 17.4. The van der Waals surface area contributed by atoms with Gasteiger partial charge in [0.25, 0.3) is 0 Å². The smallest absolute Gasteiger partial charge is 0.338 e. The molecule has 0 aromatic heterocycles. The molecule has 1 heterocycles. The van der Waals surface area contributed by atoms with Crippen LogP contribution in [-0.2, 0) is 23.4 Å². The number of carbonyl (C=O) groups is 2. The zero-order valence-corrected chi connectivity index (χ0v) is 27.0. The molecule has 230 valence electrons. The highest BCUT2D eigenvalue weighted by Crippen LogP contribution is 2.38. The van der Waals surface area contributed by atoms with Gasteiger partial charge < -0.3 is 28.5 Å². The van der Waals surface area contributed by atoms with Crippen molar-refractivity contribution in [3.05, 3.63) is 83.9 Å². The maximum absolute atomic E-state index is 13.1. The molecule has 9 heteroatoms. The van der Waals surface area contributed by atoms with E-state index in [-0.39, 0.29) is 5.04 Å². The van der Waals surface area contributed by atoms with Gasteiger partial charge in [0.1, 0.15) is 24.4 Å². The summed E-state index contributed by atoms with van der Waals surface area (Å²) in [7, 11) is -1.98. The summed E-state index contributed by atoms with van der Waals surface area (Å²) in [6.07, 6.45) is -0.448. The second kappa shape index (κ2) is 14.1. The molecule has 2 aromatic rings. The van der Waals surface area contributed by atoms with Crippen molar-refractivity contribution in [1.29, 1.82) is 0 Å². The Morgan fingerprint density at radius 1 is 0.929 bits per heavy atom. The third-order valence-corrected chi connectivity index (χ3v) is 12.3. The third-order valence-electron chi connectivity index (χ3n) is 7.75. The van der Waals surface area contributed by atoms with Crippen molar-refractivity contribution < 1.29 is 38.1 Å². The van der Waals surface area contributed by atoms with E-state index in [1.54, 1.807) is 67.6 Å². The zero-order valence-electron chi connectivity index (χ0n) is 26.0. The maximum Gasteiger partial charge on any atom is 0.338 e. The van der Waals surface area contributed by atoms with E-state index in [2.05, 4.69) is 33.9 Å². The molecule has 1 aliphatic heterocycles. The highest BCUT2D eigenvalue weighted by atomic mass is 28.4. The molecular formula is C33H46O8Si. The van der Waals surface area contributed by atoms with Crippen molar-refractivity contribution in [1.82, 2.24) is 0 Å². The van der Waals surface area contributed by atoms with Gasteiger partial charge in [0.05, 0.1) is 17.2 Å². The Kier molecular flexibility index (Phi) is 11.3. The SMILES string of the molecule is C[C@H](OC(=O)c1ccccc1)[C@H](O)C=CC(OC(=O)c1ccccc1)[C@H]1OC(C)(C)O[C@H]1CCO[Si](C)(C)C(C)(C)C. The fraction of sp³-hybridized carbons (Fsp3) is 0.515. The van der Waals surface area contributed by atoms with E-state index in [9.17, 15) is 14.7 Å². The Balaban J connectivity index is 1.79. The third kappa shape index (κ3) is 9.34. The van der Waals surface area contributed by atoms with Gasteiger partial charge in [-0.25, -0.2) is 9.59 Å². The van der Waals surface area contributed by atoms with Crippen LogP contribution in [0.5, 0.6) is 0 Å². The van der Waals surface area contributed by atoms with Crippen molar-refractivity contribution in [2.45, 2.75) is 102 Å². The number of ether oxygens (including phenoxy) is 4. The Labute approximate surface area is 251 Å². The fourth-order valence-electron chi connectivity index (χ4n) is 4.25. The molecule has 3 rings (SSSR count). The Morgan fingerprint density at radius 2 is 1.45 bits per heavy atom. The normalized spacial score (nSPS) is 21.1. The lowest BCUT2D eigenvalue weighted by Gasteiger charge is -2.36. The van der Waals surface area contributed by atoms with Crippen molar-refractivity contribution in [2.75, 3.05) is 6.61 Å². The Morgan fingerprint density at radius 3 is 1.98 bits per heavy atom. The molecule has 0 spiro atoms. The molecule has 8 nitrogen and oxygen atoms in total. The first-order valence-electron chi connectivity index (χ1n) is 14.5. The van der Waals surface area contributed by atoms with Crippen LogP contribution in [0.4, 0.5) is 0 Å². The largest absolute Gasteiger partial charge is 0.456 e. The number of benzene rings is 2. The minimum atomic E-state index is -1.98. The number of esters is 2. The minimum absolute atomic E-state index is 0.0615. The first kappa shape index (κ1) is 33.7. The molecule has 1 aliphatic rings. The second-order valence-corrected chi connectivity index (χ2v) is 17.4. The van der Waals surface area contributed by atoms with Gasteiger partial charge >= 0.3 is 11.9 Å². The quantitative estimate of drug-likeness (QED) is 0.172. The van der Waals surface area contributed by atoms with E-state index < -0.39 is 56.6 Å². The minimum Gasteiger partial charge on any atom is -0.456 e. The van der Waals surface area contributed by atoms with E-state index in [1.807, 2.05) is 19.9 Å². The van der Waals surface area contributed by atoms with Gasteiger partial charge in [-0.05, 0) is 75.7 Å². The topological polar surface area (TPSA) is 101 Å². The molecule has 1 N–H and O–H groups in total. The van der Waals surface area contributed by atoms with Crippen LogP contribution in [0.1, 0.15) is 68.7 Å². The molecule has 0 aliphatic carbocycles. The summed E-state index contributed by atoms with van der Waals surface area (Å²) in [6.45, 7) is 16.6. The number of aliphatic hydroxyl groups is 1. The van der Waals surface area contributed by atoms with E-state index in [0.717, 1.165) is 0 Å². The lowest BCUT2D eigenvalue weighted by Crippen LogP contribution is -2.42. The molecule has 2 aromatic carbocycles. The van der Waals surface area contributed by atoms with Crippen LogP contribution in [0.3, 0.4) is 0 Å². The molecule has 5 atom stereocenters. The number of carbonyl (C=O) groups excluding carboxylic acids is 2. The van der Waals surface area contributed by atoms with Crippen molar-refractivity contribution in [3.63, 3.8) is 0 Å².